The van der Waals surface area contributed by atoms with Crippen molar-refractivity contribution in [3.63, 3.8) is 0 Å². The summed E-state index contributed by atoms with van der Waals surface area (Å²) in [4.78, 5) is 13.0. The Hall–Kier alpha value is -0.610. The predicted octanol–water partition coefficient (Wildman–Crippen LogP) is 4.28. The fourth-order valence-corrected chi connectivity index (χ4v) is 5.68. The molecule has 0 bridgehead atoms. The molecule has 3 aliphatic rings. The summed E-state index contributed by atoms with van der Waals surface area (Å²) in [6.45, 7) is 8.73. The van der Waals surface area contributed by atoms with Gasteiger partial charge in [-0.05, 0) is 40.5 Å². The Kier molecular flexibility index (Phi) is 5.51. The third-order valence-electron chi connectivity index (χ3n) is 6.25. The van der Waals surface area contributed by atoms with E-state index in [9.17, 15) is 4.79 Å². The Morgan fingerprint density at radius 1 is 0.840 bits per heavy atom. The summed E-state index contributed by atoms with van der Waals surface area (Å²) >= 11 is 0. The van der Waals surface area contributed by atoms with Crippen LogP contribution in [0.5, 0.6) is 0 Å². The molecule has 1 atom stereocenters. The van der Waals surface area contributed by atoms with Gasteiger partial charge in [0.05, 0.1) is 0 Å². The van der Waals surface area contributed by atoms with Gasteiger partial charge < -0.3 is 15.4 Å². The molecule has 2 aliphatic heterocycles. The first-order valence-corrected chi connectivity index (χ1v) is 10.5. The van der Waals surface area contributed by atoms with E-state index in [4.69, 9.17) is 4.74 Å². The molecule has 2 heterocycles. The topological polar surface area (TPSA) is 50.4 Å². The van der Waals surface area contributed by atoms with Crippen LogP contribution in [0.3, 0.4) is 0 Å². The molecule has 1 spiro atoms. The van der Waals surface area contributed by atoms with Gasteiger partial charge in [-0.25, -0.2) is 0 Å². The lowest BCUT2D eigenvalue weighted by molar-refractivity contribution is -0.149. The predicted molar refractivity (Wildman–Crippen MR) is 101 cm³/mol. The van der Waals surface area contributed by atoms with Crippen LogP contribution in [0.15, 0.2) is 0 Å². The van der Waals surface area contributed by atoms with Crippen LogP contribution in [0.25, 0.3) is 0 Å². The first-order valence-electron chi connectivity index (χ1n) is 10.5. The van der Waals surface area contributed by atoms with Crippen LogP contribution in [0, 0.1) is 5.92 Å². The van der Waals surface area contributed by atoms with Crippen molar-refractivity contribution in [1.82, 2.24) is 10.6 Å². The van der Waals surface area contributed by atoms with E-state index in [0.29, 0.717) is 5.92 Å². The van der Waals surface area contributed by atoms with Crippen molar-refractivity contribution >= 4 is 5.91 Å². The highest BCUT2D eigenvalue weighted by Crippen LogP contribution is 2.43. The van der Waals surface area contributed by atoms with Gasteiger partial charge in [0.25, 0.3) is 5.91 Å². The van der Waals surface area contributed by atoms with Crippen molar-refractivity contribution in [2.45, 2.75) is 121 Å². The zero-order valence-corrected chi connectivity index (χ0v) is 16.7. The van der Waals surface area contributed by atoms with E-state index in [1.807, 2.05) is 0 Å². The SMILES string of the molecule is CC1(C)CC2(CC(C)(C)N1)OC(C1CCCCCCCCC1)NC2=O. The fraction of sp³-hybridized carbons (Fsp3) is 0.952. The van der Waals surface area contributed by atoms with Crippen molar-refractivity contribution in [3.8, 4) is 0 Å². The Bertz CT molecular complexity index is 460. The lowest BCUT2D eigenvalue weighted by atomic mass is 9.72. The zero-order valence-electron chi connectivity index (χ0n) is 16.7. The molecule has 0 aromatic rings. The van der Waals surface area contributed by atoms with Crippen LogP contribution in [0.1, 0.15) is 98.3 Å². The maximum Gasteiger partial charge on any atom is 0.254 e. The Balaban J connectivity index is 1.72. The van der Waals surface area contributed by atoms with Crippen LogP contribution in [-0.4, -0.2) is 28.8 Å². The molecule has 1 saturated carbocycles. The molecule has 0 aromatic carbocycles. The van der Waals surface area contributed by atoms with Gasteiger partial charge in [0, 0.05) is 29.8 Å². The number of hydrogen-bond donors (Lipinski definition) is 2. The van der Waals surface area contributed by atoms with E-state index >= 15 is 0 Å². The summed E-state index contributed by atoms with van der Waals surface area (Å²) in [5.41, 5.74) is -0.840. The molecule has 4 nitrogen and oxygen atoms in total. The standard InChI is InChI=1S/C21H38N2O2/c1-19(2)14-21(15-20(3,4)23-19)18(24)22-17(25-21)16-12-10-8-6-5-7-9-11-13-16/h16-17,23H,5-15H2,1-4H3,(H,22,24). The number of carbonyl (C=O) groups is 1. The average molecular weight is 351 g/mol. The highest BCUT2D eigenvalue weighted by atomic mass is 16.5. The van der Waals surface area contributed by atoms with Crippen LogP contribution in [0.2, 0.25) is 0 Å². The van der Waals surface area contributed by atoms with Gasteiger partial charge in [-0.3, -0.25) is 4.79 Å². The average Bonchev–Trinajstić information content (AvgIpc) is 2.77. The number of hydrogen-bond acceptors (Lipinski definition) is 3. The quantitative estimate of drug-likeness (QED) is 0.742. The summed E-state index contributed by atoms with van der Waals surface area (Å²) in [6.07, 6.45) is 13.1. The van der Waals surface area contributed by atoms with E-state index in [1.165, 1.54) is 57.8 Å². The molecule has 0 radical (unpaired) electrons. The van der Waals surface area contributed by atoms with Crippen LogP contribution in [0.4, 0.5) is 0 Å². The minimum atomic E-state index is -0.655. The monoisotopic (exact) mass is 350 g/mol. The molecule has 4 heteroatoms. The van der Waals surface area contributed by atoms with Gasteiger partial charge in [-0.15, -0.1) is 0 Å². The second kappa shape index (κ2) is 7.19. The molecule has 2 N–H and O–H groups in total. The van der Waals surface area contributed by atoms with E-state index in [-0.39, 0.29) is 23.2 Å². The highest BCUT2D eigenvalue weighted by Gasteiger charge is 2.57. The first kappa shape index (κ1) is 19.2. The number of nitrogens with one attached hydrogen (secondary N) is 2. The second-order valence-electron chi connectivity index (χ2n) is 10.1. The lowest BCUT2D eigenvalue weighted by Crippen LogP contribution is -2.65. The molecule has 25 heavy (non-hydrogen) atoms. The van der Waals surface area contributed by atoms with Gasteiger partial charge >= 0.3 is 0 Å². The maximum absolute atomic E-state index is 13.0. The van der Waals surface area contributed by atoms with Gasteiger partial charge in [0.1, 0.15) is 6.23 Å². The van der Waals surface area contributed by atoms with Crippen molar-refractivity contribution < 1.29 is 9.53 Å². The van der Waals surface area contributed by atoms with E-state index in [0.717, 1.165) is 12.8 Å². The van der Waals surface area contributed by atoms with Crippen molar-refractivity contribution in [3.05, 3.63) is 0 Å². The second-order valence-corrected chi connectivity index (χ2v) is 10.1. The molecular weight excluding hydrogens is 312 g/mol. The Morgan fingerprint density at radius 2 is 1.32 bits per heavy atom. The molecule has 3 fully saturated rings. The minimum Gasteiger partial charge on any atom is -0.342 e. The zero-order chi connectivity index (χ0) is 18.1. The van der Waals surface area contributed by atoms with Gasteiger partial charge in [0.15, 0.2) is 5.60 Å². The van der Waals surface area contributed by atoms with Gasteiger partial charge in [-0.2, -0.15) is 0 Å². The van der Waals surface area contributed by atoms with Crippen molar-refractivity contribution in [2.24, 2.45) is 5.92 Å². The van der Waals surface area contributed by atoms with E-state index in [2.05, 4.69) is 38.3 Å². The van der Waals surface area contributed by atoms with Crippen molar-refractivity contribution in [2.75, 3.05) is 0 Å². The summed E-state index contributed by atoms with van der Waals surface area (Å²) in [6, 6.07) is 0. The van der Waals surface area contributed by atoms with Crippen LogP contribution in [-0.2, 0) is 9.53 Å². The molecule has 1 unspecified atom stereocenters. The summed E-state index contributed by atoms with van der Waals surface area (Å²) in [5.74, 6) is 0.597. The first-order chi connectivity index (χ1) is 11.7. The van der Waals surface area contributed by atoms with Gasteiger partial charge in [0.2, 0.25) is 0 Å². The minimum absolute atomic E-state index is 0.0865. The van der Waals surface area contributed by atoms with Crippen LogP contribution < -0.4 is 10.6 Å². The third-order valence-corrected chi connectivity index (χ3v) is 6.25. The van der Waals surface area contributed by atoms with Gasteiger partial charge in [-0.1, -0.05) is 44.9 Å². The smallest absolute Gasteiger partial charge is 0.254 e. The van der Waals surface area contributed by atoms with E-state index in [1.54, 1.807) is 0 Å². The number of carbonyl (C=O) groups excluding carboxylic acids is 1. The molecule has 0 aromatic heterocycles. The summed E-state index contributed by atoms with van der Waals surface area (Å²) in [5, 5.41) is 6.93. The Labute approximate surface area is 153 Å². The maximum atomic E-state index is 13.0. The summed E-state index contributed by atoms with van der Waals surface area (Å²) < 4.78 is 6.58. The van der Waals surface area contributed by atoms with Crippen LogP contribution >= 0.6 is 0 Å². The number of piperidine rings is 1. The van der Waals surface area contributed by atoms with E-state index < -0.39 is 5.60 Å². The molecule has 1 aliphatic carbocycles. The van der Waals surface area contributed by atoms with Crippen molar-refractivity contribution in [1.29, 1.82) is 0 Å². The lowest BCUT2D eigenvalue weighted by Gasteiger charge is -2.49. The normalized spacial score (nSPS) is 33.1. The number of rotatable bonds is 1. The molecule has 144 valence electrons. The fourth-order valence-electron chi connectivity index (χ4n) is 5.68. The largest absolute Gasteiger partial charge is 0.342 e. The molecule has 1 amide bonds. The number of amides is 1. The third kappa shape index (κ3) is 4.57. The summed E-state index contributed by atoms with van der Waals surface area (Å²) in [7, 11) is 0. The molecule has 2 saturated heterocycles. The molecular formula is C21H38N2O2. The number of ether oxygens (including phenoxy) is 1. The Morgan fingerprint density at radius 3 is 1.84 bits per heavy atom. The highest BCUT2D eigenvalue weighted by molar-refractivity contribution is 5.87. The molecule has 3 rings (SSSR count).